The van der Waals surface area contributed by atoms with Crippen molar-refractivity contribution in [1.82, 2.24) is 10.6 Å². The van der Waals surface area contributed by atoms with Crippen LogP contribution in [0.1, 0.15) is 18.4 Å². The lowest BCUT2D eigenvalue weighted by Gasteiger charge is -2.19. The van der Waals surface area contributed by atoms with Gasteiger partial charge in [-0.05, 0) is 12.5 Å². The first kappa shape index (κ1) is 16.3. The van der Waals surface area contributed by atoms with Gasteiger partial charge in [-0.2, -0.15) is 5.26 Å². The van der Waals surface area contributed by atoms with Crippen LogP contribution in [-0.4, -0.2) is 43.8 Å². The predicted molar refractivity (Wildman–Crippen MR) is 96.6 cm³/mol. The molecule has 4 rings (SSSR count). The van der Waals surface area contributed by atoms with Crippen LogP contribution in [-0.2, 0) is 4.79 Å². The first-order valence-electron chi connectivity index (χ1n) is 8.50. The molecule has 2 aliphatic heterocycles. The molecule has 1 aromatic heterocycles. The lowest BCUT2D eigenvalue weighted by Crippen LogP contribution is -2.46. The number of hydrogen-bond acceptors (Lipinski definition) is 5. The largest absolute Gasteiger partial charge is 0.360 e. The maximum Gasteiger partial charge on any atom is 0.237 e. The Kier molecular flexibility index (Phi) is 4.32. The zero-order chi connectivity index (χ0) is 17.4. The van der Waals surface area contributed by atoms with Crippen molar-refractivity contribution in [3.05, 3.63) is 29.8 Å². The molecule has 2 saturated heterocycles. The molecule has 0 saturated carbocycles. The van der Waals surface area contributed by atoms with Crippen LogP contribution in [0.25, 0.3) is 10.1 Å². The first-order valence-corrected chi connectivity index (χ1v) is 9.31. The number of alkyl halides is 1. The number of nitrogens with zero attached hydrogens (tertiary/aromatic N) is 2. The Labute approximate surface area is 149 Å². The SMILES string of the molecule is N#Cc1c(N2CC[C@H](NC(=O)[C@@H]3C[C@H](F)CN3)C2)sc2ccccc12. The fraction of sp³-hybridized carbons (Fsp3) is 0.444. The van der Waals surface area contributed by atoms with E-state index in [0.717, 1.165) is 28.1 Å². The monoisotopic (exact) mass is 358 g/mol. The summed E-state index contributed by atoms with van der Waals surface area (Å²) in [6.45, 7) is 1.73. The second kappa shape index (κ2) is 6.62. The molecule has 1 aromatic carbocycles. The van der Waals surface area contributed by atoms with Crippen LogP contribution in [0.15, 0.2) is 24.3 Å². The van der Waals surface area contributed by atoms with Crippen molar-refractivity contribution in [1.29, 1.82) is 5.26 Å². The lowest BCUT2D eigenvalue weighted by molar-refractivity contribution is -0.123. The van der Waals surface area contributed by atoms with Crippen LogP contribution in [0.5, 0.6) is 0 Å². The summed E-state index contributed by atoms with van der Waals surface area (Å²) in [6, 6.07) is 9.86. The molecule has 5 nitrogen and oxygen atoms in total. The highest BCUT2D eigenvalue weighted by atomic mass is 32.1. The number of fused-ring (bicyclic) bond motifs is 1. The average molecular weight is 358 g/mol. The molecule has 0 aliphatic carbocycles. The van der Waals surface area contributed by atoms with Crippen LogP contribution in [0.2, 0.25) is 0 Å². The van der Waals surface area contributed by atoms with E-state index in [2.05, 4.69) is 21.6 Å². The van der Waals surface area contributed by atoms with Gasteiger partial charge in [-0.1, -0.05) is 18.2 Å². The fourth-order valence-electron chi connectivity index (χ4n) is 3.62. The number of halogens is 1. The molecule has 130 valence electrons. The van der Waals surface area contributed by atoms with Crippen molar-refractivity contribution in [2.45, 2.75) is 31.1 Å². The van der Waals surface area contributed by atoms with Gasteiger partial charge < -0.3 is 15.5 Å². The number of amides is 1. The Morgan fingerprint density at radius 1 is 1.44 bits per heavy atom. The topological polar surface area (TPSA) is 68.2 Å². The van der Waals surface area contributed by atoms with Crippen LogP contribution < -0.4 is 15.5 Å². The summed E-state index contributed by atoms with van der Waals surface area (Å²) < 4.78 is 14.3. The molecule has 25 heavy (non-hydrogen) atoms. The lowest BCUT2D eigenvalue weighted by atomic mass is 10.2. The average Bonchev–Trinajstić information content (AvgIpc) is 3.32. The Balaban J connectivity index is 1.46. The van der Waals surface area contributed by atoms with Gasteiger partial charge in [0.15, 0.2) is 0 Å². The van der Waals surface area contributed by atoms with E-state index in [4.69, 9.17) is 0 Å². The summed E-state index contributed by atoms with van der Waals surface area (Å²) >= 11 is 1.62. The molecule has 1 amide bonds. The first-order chi connectivity index (χ1) is 12.2. The zero-order valence-corrected chi connectivity index (χ0v) is 14.5. The summed E-state index contributed by atoms with van der Waals surface area (Å²) in [5, 5.41) is 17.5. The summed E-state index contributed by atoms with van der Waals surface area (Å²) in [7, 11) is 0. The molecule has 2 N–H and O–H groups in total. The Bertz CT molecular complexity index is 845. The maximum absolute atomic E-state index is 13.2. The molecule has 7 heteroatoms. The quantitative estimate of drug-likeness (QED) is 0.882. The highest BCUT2D eigenvalue weighted by Gasteiger charge is 2.33. The predicted octanol–water partition coefficient (Wildman–Crippen LogP) is 2.17. The van der Waals surface area contributed by atoms with Crippen molar-refractivity contribution >= 4 is 32.3 Å². The molecule has 0 spiro atoms. The van der Waals surface area contributed by atoms with E-state index in [1.807, 2.05) is 24.3 Å². The van der Waals surface area contributed by atoms with Gasteiger partial charge in [0.05, 0.1) is 11.6 Å². The number of anilines is 1. The van der Waals surface area contributed by atoms with Crippen LogP contribution in [0.3, 0.4) is 0 Å². The number of thiophene rings is 1. The van der Waals surface area contributed by atoms with Gasteiger partial charge in [0.1, 0.15) is 17.2 Å². The molecule has 2 fully saturated rings. The van der Waals surface area contributed by atoms with E-state index in [9.17, 15) is 14.4 Å². The van der Waals surface area contributed by atoms with Gasteiger partial charge in [-0.25, -0.2) is 4.39 Å². The van der Waals surface area contributed by atoms with Gasteiger partial charge >= 0.3 is 0 Å². The molecule has 3 atom stereocenters. The molecule has 2 aromatic rings. The minimum absolute atomic E-state index is 0.0321. The van der Waals surface area contributed by atoms with E-state index in [1.54, 1.807) is 11.3 Å². The summed E-state index contributed by atoms with van der Waals surface area (Å²) in [6.07, 6.45) is 0.140. The summed E-state index contributed by atoms with van der Waals surface area (Å²) in [5.41, 5.74) is 0.713. The third kappa shape index (κ3) is 3.08. The number of benzene rings is 1. The van der Waals surface area contributed by atoms with Crippen molar-refractivity contribution in [2.75, 3.05) is 24.5 Å². The molecular formula is C18H19FN4OS. The van der Waals surface area contributed by atoms with E-state index < -0.39 is 12.2 Å². The smallest absolute Gasteiger partial charge is 0.237 e. The number of carbonyl (C=O) groups excluding carboxylic acids is 1. The van der Waals surface area contributed by atoms with Crippen molar-refractivity contribution in [3.63, 3.8) is 0 Å². The third-order valence-corrected chi connectivity index (χ3v) is 6.14. The minimum Gasteiger partial charge on any atom is -0.360 e. The Morgan fingerprint density at radius 3 is 3.04 bits per heavy atom. The second-order valence-electron chi connectivity index (χ2n) is 6.62. The highest BCUT2D eigenvalue weighted by molar-refractivity contribution is 7.23. The number of rotatable bonds is 3. The molecular weight excluding hydrogens is 339 g/mol. The van der Waals surface area contributed by atoms with Crippen molar-refractivity contribution in [2.24, 2.45) is 0 Å². The van der Waals surface area contributed by atoms with Gasteiger partial charge in [0.2, 0.25) is 5.91 Å². The zero-order valence-electron chi connectivity index (χ0n) is 13.7. The molecule has 0 unspecified atom stereocenters. The molecule has 3 heterocycles. The van der Waals surface area contributed by atoms with Crippen molar-refractivity contribution < 1.29 is 9.18 Å². The molecule has 0 radical (unpaired) electrons. The van der Waals surface area contributed by atoms with Gasteiger partial charge in [0.25, 0.3) is 0 Å². The molecule has 2 aliphatic rings. The molecule has 0 bridgehead atoms. The second-order valence-corrected chi connectivity index (χ2v) is 7.65. The number of carbonyl (C=O) groups is 1. The van der Waals surface area contributed by atoms with E-state index in [-0.39, 0.29) is 24.9 Å². The third-order valence-electron chi connectivity index (χ3n) is 4.90. The highest BCUT2D eigenvalue weighted by Crippen LogP contribution is 2.38. The van der Waals surface area contributed by atoms with E-state index in [0.29, 0.717) is 12.1 Å². The Hall–Kier alpha value is -2.17. The van der Waals surface area contributed by atoms with Gasteiger partial charge in [-0.3, -0.25) is 4.79 Å². The number of nitrogens with one attached hydrogen (secondary N) is 2. The number of hydrogen-bond donors (Lipinski definition) is 2. The Morgan fingerprint density at radius 2 is 2.28 bits per heavy atom. The summed E-state index contributed by atoms with van der Waals surface area (Å²) in [4.78, 5) is 14.4. The van der Waals surface area contributed by atoms with Crippen LogP contribution in [0, 0.1) is 11.3 Å². The van der Waals surface area contributed by atoms with Crippen molar-refractivity contribution in [3.8, 4) is 6.07 Å². The van der Waals surface area contributed by atoms with Gasteiger partial charge in [0, 0.05) is 42.2 Å². The standard InChI is InChI=1S/C18H19FN4OS/c19-11-7-15(21-9-11)17(24)22-12-5-6-23(10-12)18-14(8-20)13-3-1-2-4-16(13)25-18/h1-4,11-12,15,21H,5-7,9-10H2,(H,22,24)/t11-,12-,15-/m0/s1. The van der Waals surface area contributed by atoms with Gasteiger partial charge in [-0.15, -0.1) is 11.3 Å². The summed E-state index contributed by atoms with van der Waals surface area (Å²) in [5.74, 6) is -0.121. The van der Waals surface area contributed by atoms with Crippen LogP contribution in [0.4, 0.5) is 9.39 Å². The van der Waals surface area contributed by atoms with E-state index in [1.165, 1.54) is 0 Å². The normalized spacial score (nSPS) is 26.1. The fourth-order valence-corrected chi connectivity index (χ4v) is 4.81. The minimum atomic E-state index is -0.937. The number of nitriles is 1. The van der Waals surface area contributed by atoms with Crippen LogP contribution >= 0.6 is 11.3 Å². The van der Waals surface area contributed by atoms with E-state index >= 15 is 0 Å². The maximum atomic E-state index is 13.2.